The Morgan fingerprint density at radius 3 is 2.22 bits per heavy atom. The average Bonchev–Trinajstić information content (AvgIpc) is 2.80. The van der Waals surface area contributed by atoms with Crippen LogP contribution in [0.1, 0.15) is 51.3 Å². The second-order valence-electron chi connectivity index (χ2n) is 10.2. The molecule has 1 saturated heterocycles. The van der Waals surface area contributed by atoms with E-state index in [0.717, 1.165) is 27.9 Å². The number of hydrogen-bond donors (Lipinski definition) is 1. The van der Waals surface area contributed by atoms with Crippen molar-refractivity contribution < 1.29 is 23.1 Å². The van der Waals surface area contributed by atoms with E-state index in [1.54, 1.807) is 11.8 Å². The number of amides is 2. The quantitative estimate of drug-likeness (QED) is 0.645. The van der Waals surface area contributed by atoms with Crippen molar-refractivity contribution in [3.8, 4) is 11.1 Å². The zero-order valence-corrected chi connectivity index (χ0v) is 22.2. The van der Waals surface area contributed by atoms with Crippen LogP contribution in [-0.4, -0.2) is 72.0 Å². The van der Waals surface area contributed by atoms with Gasteiger partial charge >= 0.3 is 6.09 Å². The Labute approximate surface area is 213 Å². The largest absolute Gasteiger partial charge is 0.465 e. The number of sulfone groups is 1. The second kappa shape index (κ2) is 10.2. The Hall–Kier alpha value is -2.91. The van der Waals surface area contributed by atoms with Gasteiger partial charge in [-0.2, -0.15) is 0 Å². The maximum atomic E-state index is 12.5. The lowest BCUT2D eigenvalue weighted by Crippen LogP contribution is -2.48. The molecule has 1 fully saturated rings. The van der Waals surface area contributed by atoms with E-state index in [-0.39, 0.29) is 35.5 Å². The summed E-state index contributed by atoms with van der Waals surface area (Å²) in [6.07, 6.45) is -0.435. The highest BCUT2D eigenvalue weighted by atomic mass is 32.2. The second-order valence-corrected chi connectivity index (χ2v) is 12.5. The Kier molecular flexibility index (Phi) is 7.43. The first-order valence-corrected chi connectivity index (χ1v) is 14.3. The molecule has 2 aliphatic rings. The third kappa shape index (κ3) is 5.42. The van der Waals surface area contributed by atoms with Gasteiger partial charge in [0.05, 0.1) is 17.5 Å². The molecule has 9 heteroatoms. The van der Waals surface area contributed by atoms with E-state index in [1.807, 2.05) is 51.1 Å². The highest BCUT2D eigenvalue weighted by Crippen LogP contribution is 2.43. The molecule has 36 heavy (non-hydrogen) atoms. The summed E-state index contributed by atoms with van der Waals surface area (Å²) >= 11 is 0. The number of benzene rings is 2. The summed E-state index contributed by atoms with van der Waals surface area (Å²) < 4.78 is 23.4. The molecule has 1 N–H and O–H groups in total. The van der Waals surface area contributed by atoms with Gasteiger partial charge in [-0.15, -0.1) is 0 Å². The van der Waals surface area contributed by atoms with Crippen molar-refractivity contribution in [2.45, 2.75) is 58.8 Å². The van der Waals surface area contributed by atoms with E-state index in [4.69, 9.17) is 0 Å². The summed E-state index contributed by atoms with van der Waals surface area (Å²) in [5.41, 5.74) is 4.68. The SMILES string of the molecule is CC(=O)N1c2ccc(-c3ccc(CN4CCS(=O)(=O)CC4)cc3)cc2[C@H](N(C(=O)O)C(C)C)C[C@@H]1C. The van der Waals surface area contributed by atoms with Crippen LogP contribution in [-0.2, 0) is 21.2 Å². The summed E-state index contributed by atoms with van der Waals surface area (Å²) in [6, 6.07) is 13.4. The van der Waals surface area contributed by atoms with Crippen molar-refractivity contribution in [2.24, 2.45) is 0 Å². The Morgan fingerprint density at radius 2 is 1.67 bits per heavy atom. The molecule has 2 aromatic carbocycles. The van der Waals surface area contributed by atoms with Gasteiger partial charge < -0.3 is 10.0 Å². The summed E-state index contributed by atoms with van der Waals surface area (Å²) in [5.74, 6) is 0.360. The Morgan fingerprint density at radius 1 is 1.06 bits per heavy atom. The van der Waals surface area contributed by atoms with Crippen LogP contribution in [0.3, 0.4) is 0 Å². The van der Waals surface area contributed by atoms with Gasteiger partial charge in [-0.25, -0.2) is 13.2 Å². The summed E-state index contributed by atoms with van der Waals surface area (Å²) in [5, 5.41) is 9.97. The van der Waals surface area contributed by atoms with E-state index in [2.05, 4.69) is 17.0 Å². The summed E-state index contributed by atoms with van der Waals surface area (Å²) in [4.78, 5) is 30.0. The minimum atomic E-state index is -2.90. The van der Waals surface area contributed by atoms with Crippen LogP contribution in [0.15, 0.2) is 42.5 Å². The first-order chi connectivity index (χ1) is 17.0. The third-order valence-corrected chi connectivity index (χ3v) is 8.84. The number of carbonyl (C=O) groups excluding carboxylic acids is 1. The van der Waals surface area contributed by atoms with Gasteiger partial charge in [-0.1, -0.05) is 30.3 Å². The first-order valence-electron chi connectivity index (χ1n) is 12.4. The van der Waals surface area contributed by atoms with Crippen LogP contribution < -0.4 is 4.90 Å². The summed E-state index contributed by atoms with van der Waals surface area (Å²) in [7, 11) is -2.90. The molecule has 2 atom stereocenters. The van der Waals surface area contributed by atoms with Crippen LogP contribution >= 0.6 is 0 Å². The van der Waals surface area contributed by atoms with Crippen LogP contribution in [0, 0.1) is 0 Å². The van der Waals surface area contributed by atoms with Gasteiger partial charge in [0.25, 0.3) is 0 Å². The van der Waals surface area contributed by atoms with E-state index in [1.165, 1.54) is 4.90 Å². The van der Waals surface area contributed by atoms with Gasteiger partial charge in [0.15, 0.2) is 9.84 Å². The van der Waals surface area contributed by atoms with E-state index < -0.39 is 15.9 Å². The van der Waals surface area contributed by atoms with Crippen LogP contribution in [0.5, 0.6) is 0 Å². The molecule has 2 amide bonds. The molecule has 0 radical (unpaired) electrons. The number of hydrogen-bond acceptors (Lipinski definition) is 5. The smallest absolute Gasteiger partial charge is 0.408 e. The molecule has 0 spiro atoms. The lowest BCUT2D eigenvalue weighted by Gasteiger charge is -2.43. The maximum Gasteiger partial charge on any atom is 0.408 e. The predicted octanol–water partition coefficient (Wildman–Crippen LogP) is 4.16. The van der Waals surface area contributed by atoms with E-state index in [0.29, 0.717) is 26.1 Å². The number of carbonyl (C=O) groups is 2. The highest BCUT2D eigenvalue weighted by molar-refractivity contribution is 7.91. The van der Waals surface area contributed by atoms with Gasteiger partial charge in [0, 0.05) is 44.3 Å². The maximum absolute atomic E-state index is 12.5. The van der Waals surface area contributed by atoms with Crippen LogP contribution in [0.25, 0.3) is 11.1 Å². The Bertz CT molecular complexity index is 1230. The average molecular weight is 514 g/mol. The molecule has 2 heterocycles. The van der Waals surface area contributed by atoms with E-state index >= 15 is 0 Å². The number of carboxylic acid groups (broad SMARTS) is 1. The predicted molar refractivity (Wildman–Crippen MR) is 141 cm³/mol. The molecule has 8 nitrogen and oxygen atoms in total. The molecule has 0 aromatic heterocycles. The molecule has 194 valence electrons. The first kappa shape index (κ1) is 26.2. The molecule has 0 bridgehead atoms. The molecular formula is C27H35N3O5S. The fraction of sp³-hybridized carbons (Fsp3) is 0.481. The number of nitrogens with zero attached hydrogens (tertiary/aromatic N) is 3. The summed E-state index contributed by atoms with van der Waals surface area (Å²) in [6.45, 7) is 9.06. The van der Waals surface area contributed by atoms with Crippen molar-refractivity contribution in [2.75, 3.05) is 29.5 Å². The van der Waals surface area contributed by atoms with Crippen molar-refractivity contribution in [1.29, 1.82) is 0 Å². The normalized spacial score (nSPS) is 21.8. The van der Waals surface area contributed by atoms with Gasteiger partial charge in [0.2, 0.25) is 5.91 Å². The van der Waals surface area contributed by atoms with Gasteiger partial charge in [0.1, 0.15) is 0 Å². The number of fused-ring (bicyclic) bond motifs is 1. The highest BCUT2D eigenvalue weighted by Gasteiger charge is 2.38. The number of rotatable bonds is 5. The zero-order chi connectivity index (χ0) is 26.2. The fourth-order valence-electron chi connectivity index (χ4n) is 5.44. The molecule has 0 aliphatic carbocycles. The molecule has 2 aliphatic heterocycles. The minimum Gasteiger partial charge on any atom is -0.465 e. The van der Waals surface area contributed by atoms with Crippen molar-refractivity contribution in [1.82, 2.24) is 9.80 Å². The lowest BCUT2D eigenvalue weighted by atomic mass is 9.87. The zero-order valence-electron chi connectivity index (χ0n) is 21.3. The molecule has 0 saturated carbocycles. The van der Waals surface area contributed by atoms with E-state index in [9.17, 15) is 23.1 Å². The molecule has 0 unspecified atom stereocenters. The third-order valence-electron chi connectivity index (χ3n) is 7.23. The fourth-order valence-corrected chi connectivity index (χ4v) is 6.72. The number of anilines is 1. The minimum absolute atomic E-state index is 0.0590. The van der Waals surface area contributed by atoms with Crippen LogP contribution in [0.2, 0.25) is 0 Å². The van der Waals surface area contributed by atoms with Gasteiger partial charge in [-0.05, 0) is 61.6 Å². The van der Waals surface area contributed by atoms with Crippen molar-refractivity contribution in [3.05, 3.63) is 53.6 Å². The van der Waals surface area contributed by atoms with Crippen LogP contribution in [0.4, 0.5) is 10.5 Å². The monoisotopic (exact) mass is 513 g/mol. The van der Waals surface area contributed by atoms with Crippen molar-refractivity contribution >= 4 is 27.5 Å². The lowest BCUT2D eigenvalue weighted by molar-refractivity contribution is -0.117. The standard InChI is InChI=1S/C27H35N3O5S/c1-18(2)29(27(32)33)26-15-19(3)30(20(4)31)25-10-9-23(16-24(25)26)22-7-5-21(6-8-22)17-28-11-13-36(34,35)14-12-28/h5-10,16,18-19,26H,11-15,17H2,1-4H3,(H,32,33)/t19-,26+/m0/s1. The topological polar surface area (TPSA) is 98.2 Å². The Balaban J connectivity index is 1.64. The molecular weight excluding hydrogens is 478 g/mol. The molecule has 2 aromatic rings. The van der Waals surface area contributed by atoms with Gasteiger partial charge in [-0.3, -0.25) is 14.6 Å². The van der Waals surface area contributed by atoms with Crippen molar-refractivity contribution in [3.63, 3.8) is 0 Å². The molecule has 4 rings (SSSR count).